The van der Waals surface area contributed by atoms with Crippen LogP contribution in [0, 0.1) is 5.82 Å². The van der Waals surface area contributed by atoms with Crippen LogP contribution in [-0.4, -0.2) is 83.2 Å². The molecule has 2 aliphatic rings. The van der Waals surface area contributed by atoms with E-state index in [1.165, 1.54) is 12.3 Å². The molecule has 1 aliphatic carbocycles. The zero-order valence-corrected chi connectivity index (χ0v) is 21.1. The predicted octanol–water partition coefficient (Wildman–Crippen LogP) is 1.05. The van der Waals surface area contributed by atoms with Crippen LogP contribution in [0.3, 0.4) is 0 Å². The largest absolute Gasteiger partial charge is 0.511 e. The van der Waals surface area contributed by atoms with Gasteiger partial charge in [-0.15, -0.1) is 0 Å². The van der Waals surface area contributed by atoms with Crippen LogP contribution < -0.4 is 15.1 Å². The fourth-order valence-corrected chi connectivity index (χ4v) is 6.52. The number of rotatable bonds is 8. The van der Waals surface area contributed by atoms with Crippen LogP contribution in [-0.2, 0) is 9.13 Å². The Hall–Kier alpha value is -2.35. The summed E-state index contributed by atoms with van der Waals surface area (Å²) in [6, 6.07) is 2.55. The van der Waals surface area contributed by atoms with Crippen molar-refractivity contribution in [1.82, 2.24) is 9.47 Å². The summed E-state index contributed by atoms with van der Waals surface area (Å²) < 4.78 is 44.5. The van der Waals surface area contributed by atoms with Crippen molar-refractivity contribution in [1.29, 1.82) is 0 Å². The highest BCUT2D eigenvalue weighted by Gasteiger charge is 2.59. The molecule has 0 amide bonds. The lowest BCUT2D eigenvalue weighted by molar-refractivity contribution is 0.107. The van der Waals surface area contributed by atoms with E-state index >= 15 is 4.39 Å². The highest BCUT2D eigenvalue weighted by atomic mass is 31.2. The first-order valence-electron chi connectivity index (χ1n) is 11.2. The summed E-state index contributed by atoms with van der Waals surface area (Å²) in [5.74, 6) is -1.14. The summed E-state index contributed by atoms with van der Waals surface area (Å²) in [5, 5.41) is 15.4. The van der Waals surface area contributed by atoms with Crippen LogP contribution in [0.1, 0.15) is 25.3 Å². The summed E-state index contributed by atoms with van der Waals surface area (Å²) in [6.07, 6.45) is 0.366. The fraction of sp³-hybridized carbons (Fsp3) is 0.500. The molecule has 6 N–H and O–H groups in total. The van der Waals surface area contributed by atoms with E-state index in [2.05, 4.69) is 4.74 Å². The van der Waals surface area contributed by atoms with Crippen molar-refractivity contribution in [3.63, 3.8) is 0 Å². The Morgan fingerprint density at radius 1 is 1.08 bits per heavy atom. The first-order chi connectivity index (χ1) is 17.1. The molecule has 1 saturated heterocycles. The normalized spacial score (nSPS) is 17.8. The summed E-state index contributed by atoms with van der Waals surface area (Å²) in [4.78, 5) is 64.2. The molecule has 2 heterocycles. The third-order valence-electron chi connectivity index (χ3n) is 6.62. The number of carbonyl (C=O) groups is 1. The van der Waals surface area contributed by atoms with E-state index in [-0.39, 0.29) is 49.8 Å². The number of carboxylic acid groups (broad SMARTS) is 1. The van der Waals surface area contributed by atoms with Gasteiger partial charge in [0.25, 0.3) is 5.08 Å². The minimum atomic E-state index is -5.55. The van der Waals surface area contributed by atoms with Crippen molar-refractivity contribution in [2.45, 2.75) is 30.4 Å². The monoisotopic (exact) mass is 565 g/mol. The molecule has 14 nitrogen and oxygen atoms in total. The molecular weight excluding hydrogens is 539 g/mol. The minimum Gasteiger partial charge on any atom is -0.449 e. The van der Waals surface area contributed by atoms with Crippen LogP contribution in [0.15, 0.2) is 23.1 Å². The molecule has 0 unspecified atom stereocenters. The molecule has 1 aromatic carbocycles. The maximum atomic E-state index is 15.1. The first-order valence-corrected chi connectivity index (χ1v) is 14.4. The SMILES string of the molecule is O=C(O)Oc1cn(C2CC2)c2cc(N3CCN(CCC(O)(P(=O)(O)O)P(=O)(O)O)CC3)c(F)cc2c1=O. The van der Waals surface area contributed by atoms with Gasteiger partial charge in [0.1, 0.15) is 5.82 Å². The van der Waals surface area contributed by atoms with Crippen molar-refractivity contribution in [3.8, 4) is 5.75 Å². The summed E-state index contributed by atoms with van der Waals surface area (Å²) in [5.41, 5.74) is -0.153. The molecule has 0 bridgehead atoms. The molecular formula is C20H26FN3O11P2. The molecule has 17 heteroatoms. The van der Waals surface area contributed by atoms with Crippen LogP contribution in [0.5, 0.6) is 5.75 Å². The number of piperazine rings is 1. The van der Waals surface area contributed by atoms with E-state index in [9.17, 15) is 43.4 Å². The van der Waals surface area contributed by atoms with Crippen LogP contribution in [0.25, 0.3) is 10.9 Å². The van der Waals surface area contributed by atoms with Gasteiger partial charge in [-0.2, -0.15) is 0 Å². The Bertz CT molecular complexity index is 1350. The number of aromatic nitrogens is 1. The van der Waals surface area contributed by atoms with E-state index in [4.69, 9.17) is 5.11 Å². The topological polar surface area (TPSA) is 210 Å². The third kappa shape index (κ3) is 5.45. The number of hydrogen-bond acceptors (Lipinski definition) is 8. The van der Waals surface area contributed by atoms with Gasteiger partial charge in [-0.25, -0.2) is 9.18 Å². The van der Waals surface area contributed by atoms with Gasteiger partial charge in [0.2, 0.25) is 5.43 Å². The number of anilines is 1. The third-order valence-corrected chi connectivity index (χ3v) is 10.5. The predicted molar refractivity (Wildman–Crippen MR) is 127 cm³/mol. The second kappa shape index (κ2) is 9.75. The number of halogens is 1. The molecule has 0 atom stereocenters. The smallest absolute Gasteiger partial charge is 0.449 e. The molecule has 1 aromatic heterocycles. The lowest BCUT2D eigenvalue weighted by Gasteiger charge is -2.38. The lowest BCUT2D eigenvalue weighted by atomic mass is 10.1. The Morgan fingerprint density at radius 3 is 2.19 bits per heavy atom. The number of ether oxygens (including phenoxy) is 1. The van der Waals surface area contributed by atoms with Gasteiger partial charge in [-0.1, -0.05) is 0 Å². The van der Waals surface area contributed by atoms with Gasteiger partial charge in [-0.3, -0.25) is 18.8 Å². The number of aliphatic hydroxyl groups is 1. The number of pyridine rings is 1. The fourth-order valence-electron chi connectivity index (χ4n) is 4.38. The number of hydrogen-bond donors (Lipinski definition) is 6. The molecule has 37 heavy (non-hydrogen) atoms. The van der Waals surface area contributed by atoms with Gasteiger partial charge >= 0.3 is 21.3 Å². The van der Waals surface area contributed by atoms with Gasteiger partial charge in [0.05, 0.1) is 22.8 Å². The zero-order valence-electron chi connectivity index (χ0n) is 19.3. The van der Waals surface area contributed by atoms with Crippen molar-refractivity contribution >= 4 is 37.9 Å². The van der Waals surface area contributed by atoms with Crippen molar-refractivity contribution in [3.05, 3.63) is 34.4 Å². The summed E-state index contributed by atoms with van der Waals surface area (Å²) in [6.45, 7) is 0.711. The molecule has 2 fully saturated rings. The minimum absolute atomic E-state index is 0.0104. The van der Waals surface area contributed by atoms with Crippen LogP contribution >= 0.6 is 15.2 Å². The molecule has 1 saturated carbocycles. The second-order valence-corrected chi connectivity index (χ2v) is 13.1. The highest BCUT2D eigenvalue weighted by Crippen LogP contribution is 2.68. The highest BCUT2D eigenvalue weighted by molar-refractivity contribution is 7.72. The maximum Gasteiger partial charge on any atom is 0.511 e. The van der Waals surface area contributed by atoms with Gasteiger partial charge in [0, 0.05) is 45.2 Å². The average Bonchev–Trinajstić information content (AvgIpc) is 3.63. The lowest BCUT2D eigenvalue weighted by Crippen LogP contribution is -2.48. The Balaban J connectivity index is 1.54. The zero-order chi connectivity index (χ0) is 27.3. The van der Waals surface area contributed by atoms with E-state index in [0.29, 0.717) is 5.52 Å². The second-order valence-electron chi connectivity index (χ2n) is 9.09. The van der Waals surface area contributed by atoms with E-state index in [1.807, 2.05) is 0 Å². The molecule has 1 aliphatic heterocycles. The van der Waals surface area contributed by atoms with Crippen molar-refractivity contribution in [2.75, 3.05) is 37.6 Å². The number of benzene rings is 1. The molecule has 204 valence electrons. The van der Waals surface area contributed by atoms with Crippen molar-refractivity contribution < 1.29 is 52.8 Å². The number of nitrogens with zero attached hydrogens (tertiary/aromatic N) is 3. The molecule has 0 spiro atoms. The number of fused-ring (bicyclic) bond motifs is 1. The van der Waals surface area contributed by atoms with Gasteiger partial charge in [-0.05, 0) is 25.0 Å². The first kappa shape index (κ1) is 27.7. The average molecular weight is 565 g/mol. The Kier molecular flexibility index (Phi) is 7.30. The van der Waals surface area contributed by atoms with E-state index in [1.54, 1.807) is 14.4 Å². The van der Waals surface area contributed by atoms with Crippen molar-refractivity contribution in [2.24, 2.45) is 0 Å². The van der Waals surface area contributed by atoms with E-state index in [0.717, 1.165) is 18.9 Å². The standard InChI is InChI=1S/C20H26FN3O11P2/c21-14-9-13-15(24(12-1-2-12)11-17(18(13)25)35-19(26)27)10-16(14)23-7-5-22(6-8-23)4-3-20(28,36(29,30)31)37(32,33)34/h9-12,28H,1-8H2,(H,26,27)(H2,29,30,31)(H2,32,33,34). The molecule has 0 radical (unpaired) electrons. The molecule has 4 rings (SSSR count). The Morgan fingerprint density at radius 2 is 1.68 bits per heavy atom. The Labute approximate surface area is 208 Å². The van der Waals surface area contributed by atoms with Gasteiger partial charge < -0.3 is 44.0 Å². The maximum absolute atomic E-state index is 15.1. The van der Waals surface area contributed by atoms with Crippen LogP contribution in [0.2, 0.25) is 0 Å². The summed E-state index contributed by atoms with van der Waals surface area (Å²) >= 11 is 0. The van der Waals surface area contributed by atoms with Crippen LogP contribution in [0.4, 0.5) is 14.9 Å². The van der Waals surface area contributed by atoms with E-state index < -0.39 is 49.8 Å². The van der Waals surface area contributed by atoms with Gasteiger partial charge in [0.15, 0.2) is 5.75 Å². The summed E-state index contributed by atoms with van der Waals surface area (Å²) in [7, 11) is -11.1. The quantitative estimate of drug-likeness (QED) is 0.195. The molecule has 2 aromatic rings.